The molecule has 1 aliphatic rings. The molecule has 2 rings (SSSR count). The molecule has 1 aromatic rings. The normalized spacial score (nSPS) is 22.2. The number of hydrogen-bond donors (Lipinski definition) is 2. The molecule has 0 atom stereocenters. The number of hydrogen-bond acceptors (Lipinski definition) is 4. The summed E-state index contributed by atoms with van der Waals surface area (Å²) in [7, 11) is 0. The van der Waals surface area contributed by atoms with Crippen LogP contribution in [0.25, 0.3) is 0 Å². The van der Waals surface area contributed by atoms with Gasteiger partial charge in [-0.1, -0.05) is 20.8 Å². The van der Waals surface area contributed by atoms with Gasteiger partial charge in [-0.25, -0.2) is 0 Å². The van der Waals surface area contributed by atoms with Gasteiger partial charge in [0.05, 0.1) is 17.4 Å². The first-order valence-corrected chi connectivity index (χ1v) is 9.81. The number of ether oxygens (including phenoxy) is 1. The minimum absolute atomic E-state index is 0.317. The second-order valence-corrected chi connectivity index (χ2v) is 9.76. The molecule has 4 nitrogen and oxygen atoms in total. The molecule has 0 unspecified atom stereocenters. The molecule has 0 bridgehead atoms. The zero-order valence-corrected chi connectivity index (χ0v) is 17.6. The van der Waals surface area contributed by atoms with Gasteiger partial charge in [0, 0.05) is 0 Å². The Morgan fingerprint density at radius 1 is 0.885 bits per heavy atom. The van der Waals surface area contributed by atoms with Crippen LogP contribution in [-0.4, -0.2) is 22.4 Å². The van der Waals surface area contributed by atoms with E-state index in [2.05, 4.69) is 26.3 Å². The van der Waals surface area contributed by atoms with Crippen molar-refractivity contribution in [2.45, 2.75) is 91.5 Å². The first kappa shape index (κ1) is 21.0. The van der Waals surface area contributed by atoms with Crippen LogP contribution in [0, 0.1) is 11.3 Å². The zero-order valence-electron chi connectivity index (χ0n) is 17.6. The van der Waals surface area contributed by atoms with E-state index < -0.39 is 11.2 Å². The van der Waals surface area contributed by atoms with Crippen molar-refractivity contribution < 1.29 is 14.7 Å². The van der Waals surface area contributed by atoms with Gasteiger partial charge in [0.1, 0.15) is 11.4 Å². The Balaban J connectivity index is 1.83. The number of aliphatic hydroxyl groups is 1. The fourth-order valence-corrected chi connectivity index (χ4v) is 3.15. The van der Waals surface area contributed by atoms with Crippen LogP contribution in [0.5, 0.6) is 5.75 Å². The fraction of sp³-hybridized carbons (Fsp3) is 0.727. The third-order valence-corrected chi connectivity index (χ3v) is 5.95. The summed E-state index contributed by atoms with van der Waals surface area (Å²) in [6.07, 6.45) is 5.06. The van der Waals surface area contributed by atoms with Crippen molar-refractivity contribution in [1.29, 1.82) is 0 Å². The Morgan fingerprint density at radius 2 is 1.42 bits per heavy atom. The SMILES string of the molecule is CC(C)(C)C1CCC(Oc2ccc(NOC(C)(C)C(C)(C)O)cc2)CC1. The Hall–Kier alpha value is -1.26. The third-order valence-electron chi connectivity index (χ3n) is 5.95. The number of benzene rings is 1. The van der Waals surface area contributed by atoms with Crippen LogP contribution in [-0.2, 0) is 4.84 Å². The maximum atomic E-state index is 10.1. The molecule has 2 N–H and O–H groups in total. The summed E-state index contributed by atoms with van der Waals surface area (Å²) in [6.45, 7) is 14.2. The average molecular weight is 364 g/mol. The lowest BCUT2D eigenvalue weighted by Gasteiger charge is -2.37. The van der Waals surface area contributed by atoms with E-state index in [9.17, 15) is 5.11 Å². The van der Waals surface area contributed by atoms with E-state index in [0.717, 1.165) is 30.2 Å². The molecular formula is C22H37NO3. The van der Waals surface area contributed by atoms with E-state index in [1.165, 1.54) is 12.8 Å². The monoisotopic (exact) mass is 363 g/mol. The number of anilines is 1. The molecule has 0 spiro atoms. The van der Waals surface area contributed by atoms with Crippen molar-refractivity contribution >= 4 is 5.69 Å². The zero-order chi connectivity index (χ0) is 19.6. The van der Waals surface area contributed by atoms with Crippen molar-refractivity contribution in [3.8, 4) is 5.75 Å². The van der Waals surface area contributed by atoms with Gasteiger partial charge in [0.2, 0.25) is 0 Å². The summed E-state index contributed by atoms with van der Waals surface area (Å²) < 4.78 is 6.16. The maximum absolute atomic E-state index is 10.1. The summed E-state index contributed by atoms with van der Waals surface area (Å²) in [5, 5.41) is 10.1. The largest absolute Gasteiger partial charge is 0.490 e. The van der Waals surface area contributed by atoms with Crippen LogP contribution in [0.3, 0.4) is 0 Å². The second kappa shape index (κ2) is 7.77. The molecule has 1 fully saturated rings. The molecular weight excluding hydrogens is 326 g/mol. The van der Waals surface area contributed by atoms with Crippen LogP contribution in [0.2, 0.25) is 0 Å². The molecule has 0 aliphatic heterocycles. The predicted octanol–water partition coefficient (Wildman–Crippen LogP) is 5.56. The first-order chi connectivity index (χ1) is 11.9. The molecule has 1 aliphatic carbocycles. The van der Waals surface area contributed by atoms with Crippen LogP contribution < -0.4 is 10.2 Å². The highest BCUT2D eigenvalue weighted by Crippen LogP contribution is 2.38. The van der Waals surface area contributed by atoms with Gasteiger partial charge in [-0.3, -0.25) is 10.3 Å². The highest BCUT2D eigenvalue weighted by molar-refractivity contribution is 5.44. The van der Waals surface area contributed by atoms with Crippen molar-refractivity contribution in [3.05, 3.63) is 24.3 Å². The summed E-state index contributed by atoms with van der Waals surface area (Å²) in [5.41, 5.74) is 2.50. The minimum atomic E-state index is -0.949. The van der Waals surface area contributed by atoms with E-state index >= 15 is 0 Å². The fourth-order valence-electron chi connectivity index (χ4n) is 3.15. The molecule has 26 heavy (non-hydrogen) atoms. The molecule has 4 heteroatoms. The molecule has 1 saturated carbocycles. The van der Waals surface area contributed by atoms with Crippen molar-refractivity contribution in [3.63, 3.8) is 0 Å². The Labute approximate surface area is 159 Å². The summed E-state index contributed by atoms with van der Waals surface area (Å²) in [5.74, 6) is 1.70. The van der Waals surface area contributed by atoms with Crippen LogP contribution in [0.1, 0.15) is 74.1 Å². The standard InChI is InChI=1S/C22H37NO3/c1-20(2,3)16-8-12-18(13-9-16)25-19-14-10-17(11-15-19)23-26-22(6,7)21(4,5)24/h10-11,14-16,18,23-24H,8-9,12-13H2,1-7H3. The summed E-state index contributed by atoms with van der Waals surface area (Å²) >= 11 is 0. The lowest BCUT2D eigenvalue weighted by atomic mass is 9.72. The molecule has 0 aromatic heterocycles. The quantitative estimate of drug-likeness (QED) is 0.649. The Morgan fingerprint density at radius 3 is 1.88 bits per heavy atom. The highest BCUT2D eigenvalue weighted by Gasteiger charge is 2.37. The van der Waals surface area contributed by atoms with E-state index in [1.54, 1.807) is 13.8 Å². The van der Waals surface area contributed by atoms with Gasteiger partial charge in [-0.2, -0.15) is 0 Å². The van der Waals surface area contributed by atoms with E-state index in [4.69, 9.17) is 9.57 Å². The maximum Gasteiger partial charge on any atom is 0.119 e. The number of nitrogens with one attached hydrogen (secondary N) is 1. The predicted molar refractivity (Wildman–Crippen MR) is 107 cm³/mol. The smallest absolute Gasteiger partial charge is 0.119 e. The second-order valence-electron chi connectivity index (χ2n) is 9.76. The van der Waals surface area contributed by atoms with Gasteiger partial charge in [0.25, 0.3) is 0 Å². The summed E-state index contributed by atoms with van der Waals surface area (Å²) in [4.78, 5) is 5.67. The van der Waals surface area contributed by atoms with Crippen LogP contribution in [0.4, 0.5) is 5.69 Å². The molecule has 1 aromatic carbocycles. The topological polar surface area (TPSA) is 50.7 Å². The van der Waals surface area contributed by atoms with E-state index in [0.29, 0.717) is 11.5 Å². The van der Waals surface area contributed by atoms with Crippen LogP contribution in [0.15, 0.2) is 24.3 Å². The van der Waals surface area contributed by atoms with Gasteiger partial charge in [0.15, 0.2) is 0 Å². The third kappa shape index (κ3) is 5.62. The molecule has 0 radical (unpaired) electrons. The van der Waals surface area contributed by atoms with Gasteiger partial charge in [-0.05, 0) is 89.0 Å². The van der Waals surface area contributed by atoms with Gasteiger partial charge >= 0.3 is 0 Å². The van der Waals surface area contributed by atoms with Gasteiger partial charge in [-0.15, -0.1) is 0 Å². The average Bonchev–Trinajstić information content (AvgIpc) is 2.53. The van der Waals surface area contributed by atoms with Crippen molar-refractivity contribution in [2.24, 2.45) is 11.3 Å². The summed E-state index contributed by atoms with van der Waals surface area (Å²) in [6, 6.07) is 7.82. The molecule has 0 saturated heterocycles. The Kier molecular flexibility index (Phi) is 6.29. The lowest BCUT2D eigenvalue weighted by Crippen LogP contribution is -2.48. The van der Waals surface area contributed by atoms with Crippen LogP contribution >= 0.6 is 0 Å². The molecule has 148 valence electrons. The van der Waals surface area contributed by atoms with E-state index in [1.807, 2.05) is 38.1 Å². The lowest BCUT2D eigenvalue weighted by molar-refractivity contribution is -0.130. The number of rotatable bonds is 6. The first-order valence-electron chi connectivity index (χ1n) is 9.81. The minimum Gasteiger partial charge on any atom is -0.490 e. The van der Waals surface area contributed by atoms with Crippen molar-refractivity contribution in [1.82, 2.24) is 0 Å². The highest BCUT2D eigenvalue weighted by atomic mass is 16.7. The Bertz CT molecular complexity index is 559. The van der Waals surface area contributed by atoms with Gasteiger partial charge < -0.3 is 9.84 Å². The van der Waals surface area contributed by atoms with Crippen molar-refractivity contribution in [2.75, 3.05) is 5.48 Å². The molecule has 0 amide bonds. The molecule has 0 heterocycles. The van der Waals surface area contributed by atoms with E-state index in [-0.39, 0.29) is 0 Å².